The van der Waals surface area contributed by atoms with Crippen LogP contribution < -0.4 is 10.9 Å². The molecule has 0 radical (unpaired) electrons. The summed E-state index contributed by atoms with van der Waals surface area (Å²) in [6.07, 6.45) is 0. The van der Waals surface area contributed by atoms with Gasteiger partial charge in [-0.2, -0.15) is 5.10 Å². The molecular formula is C19H18N4O3. The average molecular weight is 350 g/mol. The molecule has 0 spiro atoms. The highest BCUT2D eigenvalue weighted by Gasteiger charge is 2.14. The van der Waals surface area contributed by atoms with Crippen molar-refractivity contribution in [3.8, 4) is 0 Å². The maximum absolute atomic E-state index is 12.6. The number of H-pyrrole nitrogens is 1. The third-order valence-corrected chi connectivity index (χ3v) is 4.05. The Morgan fingerprint density at radius 2 is 1.85 bits per heavy atom. The average Bonchev–Trinajstić information content (AvgIpc) is 2.62. The highest BCUT2D eigenvalue weighted by atomic mass is 16.2. The minimum Gasteiger partial charge on any atom is -0.342 e. The van der Waals surface area contributed by atoms with Gasteiger partial charge in [0.2, 0.25) is 5.91 Å². The summed E-state index contributed by atoms with van der Waals surface area (Å²) in [7, 11) is 1.71. The lowest BCUT2D eigenvalue weighted by atomic mass is 10.1. The largest absolute Gasteiger partial charge is 0.342 e. The molecule has 0 atom stereocenters. The summed E-state index contributed by atoms with van der Waals surface area (Å²) < 4.78 is 0. The van der Waals surface area contributed by atoms with Crippen LogP contribution in [-0.2, 0) is 11.3 Å². The Bertz CT molecular complexity index is 1040. The SMILES string of the molecule is CC(=O)N(C)Cc1cccc(NC(=O)c2n[nH]c(=O)c3ccccc23)c1. The molecule has 132 valence electrons. The van der Waals surface area contributed by atoms with Gasteiger partial charge in [0.1, 0.15) is 0 Å². The van der Waals surface area contributed by atoms with Crippen LogP contribution >= 0.6 is 0 Å². The smallest absolute Gasteiger partial charge is 0.276 e. The van der Waals surface area contributed by atoms with Crippen LogP contribution in [0.25, 0.3) is 10.8 Å². The number of hydrogen-bond donors (Lipinski definition) is 2. The van der Waals surface area contributed by atoms with Gasteiger partial charge in [0.05, 0.1) is 5.39 Å². The lowest BCUT2D eigenvalue weighted by Gasteiger charge is -2.15. The van der Waals surface area contributed by atoms with Crippen LogP contribution in [0.2, 0.25) is 0 Å². The number of hydrogen-bond acceptors (Lipinski definition) is 4. The molecule has 3 rings (SSSR count). The second kappa shape index (κ2) is 7.18. The molecule has 2 aromatic carbocycles. The van der Waals surface area contributed by atoms with Crippen molar-refractivity contribution in [2.45, 2.75) is 13.5 Å². The Balaban J connectivity index is 1.86. The first-order valence-corrected chi connectivity index (χ1v) is 8.05. The number of nitrogens with one attached hydrogen (secondary N) is 2. The van der Waals surface area contributed by atoms with Crippen molar-refractivity contribution in [2.24, 2.45) is 0 Å². The number of carbonyl (C=O) groups is 2. The van der Waals surface area contributed by atoms with Gasteiger partial charge in [0.25, 0.3) is 11.5 Å². The number of anilines is 1. The zero-order valence-corrected chi connectivity index (χ0v) is 14.4. The lowest BCUT2D eigenvalue weighted by Crippen LogP contribution is -2.23. The second-order valence-electron chi connectivity index (χ2n) is 5.98. The number of amides is 2. The fraction of sp³-hybridized carbons (Fsp3) is 0.158. The van der Waals surface area contributed by atoms with Crippen LogP contribution in [0.15, 0.2) is 53.3 Å². The molecule has 1 aromatic heterocycles. The summed E-state index contributed by atoms with van der Waals surface area (Å²) in [6, 6.07) is 14.0. The van der Waals surface area contributed by atoms with E-state index in [-0.39, 0.29) is 17.2 Å². The van der Waals surface area contributed by atoms with Gasteiger partial charge in [-0.1, -0.05) is 30.3 Å². The highest BCUT2D eigenvalue weighted by molar-refractivity contribution is 6.11. The molecule has 0 fully saturated rings. The monoisotopic (exact) mass is 350 g/mol. The molecule has 1 heterocycles. The van der Waals surface area contributed by atoms with Crippen molar-refractivity contribution in [1.82, 2.24) is 15.1 Å². The van der Waals surface area contributed by atoms with Crippen molar-refractivity contribution >= 4 is 28.3 Å². The number of benzene rings is 2. The summed E-state index contributed by atoms with van der Waals surface area (Å²) in [5.41, 5.74) is 1.28. The molecule has 7 heteroatoms. The number of carbonyl (C=O) groups excluding carboxylic acids is 2. The van der Waals surface area contributed by atoms with E-state index in [1.165, 1.54) is 6.92 Å². The maximum Gasteiger partial charge on any atom is 0.276 e. The molecule has 26 heavy (non-hydrogen) atoms. The third-order valence-electron chi connectivity index (χ3n) is 4.05. The van der Waals surface area contributed by atoms with Gasteiger partial charge < -0.3 is 10.2 Å². The van der Waals surface area contributed by atoms with Crippen LogP contribution in [0.1, 0.15) is 23.0 Å². The summed E-state index contributed by atoms with van der Waals surface area (Å²) in [5, 5.41) is 9.92. The van der Waals surface area contributed by atoms with Gasteiger partial charge in [0, 0.05) is 31.6 Å². The Labute approximate surface area is 149 Å². The van der Waals surface area contributed by atoms with E-state index in [4.69, 9.17) is 0 Å². The number of fused-ring (bicyclic) bond motifs is 1. The van der Waals surface area contributed by atoms with Gasteiger partial charge in [-0.05, 0) is 23.8 Å². The molecule has 0 saturated carbocycles. The number of aromatic nitrogens is 2. The Morgan fingerprint density at radius 1 is 1.12 bits per heavy atom. The summed E-state index contributed by atoms with van der Waals surface area (Å²) in [6.45, 7) is 1.94. The summed E-state index contributed by atoms with van der Waals surface area (Å²) >= 11 is 0. The third kappa shape index (κ3) is 3.61. The molecule has 0 aliphatic rings. The number of nitrogens with zero attached hydrogens (tertiary/aromatic N) is 2. The Morgan fingerprint density at radius 3 is 2.58 bits per heavy atom. The van der Waals surface area contributed by atoms with E-state index in [9.17, 15) is 14.4 Å². The topological polar surface area (TPSA) is 95.2 Å². The van der Waals surface area contributed by atoms with Crippen LogP contribution in [0.3, 0.4) is 0 Å². The van der Waals surface area contributed by atoms with Crippen molar-refractivity contribution < 1.29 is 9.59 Å². The molecule has 2 amide bonds. The second-order valence-corrected chi connectivity index (χ2v) is 5.98. The Kier molecular flexibility index (Phi) is 4.79. The molecule has 0 bridgehead atoms. The van der Waals surface area contributed by atoms with Crippen molar-refractivity contribution in [3.05, 3.63) is 70.1 Å². The van der Waals surface area contributed by atoms with E-state index in [0.717, 1.165) is 5.56 Å². The summed E-state index contributed by atoms with van der Waals surface area (Å²) in [4.78, 5) is 37.4. The van der Waals surface area contributed by atoms with Gasteiger partial charge in [-0.15, -0.1) is 0 Å². The van der Waals surface area contributed by atoms with Crippen LogP contribution in [-0.4, -0.2) is 34.0 Å². The first-order valence-electron chi connectivity index (χ1n) is 8.05. The molecule has 2 N–H and O–H groups in total. The molecule has 0 unspecified atom stereocenters. The van der Waals surface area contributed by atoms with Gasteiger partial charge >= 0.3 is 0 Å². The van der Waals surface area contributed by atoms with E-state index in [2.05, 4.69) is 15.5 Å². The molecule has 0 aliphatic carbocycles. The minimum atomic E-state index is -0.422. The zero-order chi connectivity index (χ0) is 18.7. The van der Waals surface area contributed by atoms with E-state index in [1.54, 1.807) is 54.4 Å². The van der Waals surface area contributed by atoms with Crippen molar-refractivity contribution in [3.63, 3.8) is 0 Å². The number of aromatic amines is 1. The van der Waals surface area contributed by atoms with E-state index < -0.39 is 5.91 Å². The first-order chi connectivity index (χ1) is 12.5. The molecule has 7 nitrogen and oxygen atoms in total. The van der Waals surface area contributed by atoms with Gasteiger partial charge in [-0.3, -0.25) is 14.4 Å². The van der Waals surface area contributed by atoms with Crippen LogP contribution in [0.5, 0.6) is 0 Å². The van der Waals surface area contributed by atoms with E-state index in [0.29, 0.717) is 23.0 Å². The molecule has 0 aliphatic heterocycles. The predicted molar refractivity (Wildman–Crippen MR) is 98.9 cm³/mol. The van der Waals surface area contributed by atoms with Gasteiger partial charge in [0.15, 0.2) is 5.69 Å². The van der Waals surface area contributed by atoms with Crippen molar-refractivity contribution in [2.75, 3.05) is 12.4 Å². The van der Waals surface area contributed by atoms with Crippen molar-refractivity contribution in [1.29, 1.82) is 0 Å². The standard InChI is InChI=1S/C19H18N4O3/c1-12(24)23(2)11-13-6-5-7-14(10-13)20-19(26)17-15-8-3-4-9-16(15)18(25)22-21-17/h3-10H,11H2,1-2H3,(H,20,26)(H,22,25). The predicted octanol–water partition coefficient (Wildman–Crippen LogP) is 2.15. The molecule has 0 saturated heterocycles. The zero-order valence-electron chi connectivity index (χ0n) is 14.4. The minimum absolute atomic E-state index is 0.0386. The van der Waals surface area contributed by atoms with Gasteiger partial charge in [-0.25, -0.2) is 5.10 Å². The quantitative estimate of drug-likeness (QED) is 0.754. The fourth-order valence-electron chi connectivity index (χ4n) is 2.61. The Hall–Kier alpha value is -3.48. The summed E-state index contributed by atoms with van der Waals surface area (Å²) in [5.74, 6) is -0.460. The highest BCUT2D eigenvalue weighted by Crippen LogP contribution is 2.16. The number of rotatable bonds is 4. The maximum atomic E-state index is 12.6. The molecule has 3 aromatic rings. The lowest BCUT2D eigenvalue weighted by molar-refractivity contribution is -0.128. The van der Waals surface area contributed by atoms with E-state index in [1.807, 2.05) is 6.07 Å². The van der Waals surface area contributed by atoms with E-state index >= 15 is 0 Å². The first kappa shape index (κ1) is 17.3. The fourth-order valence-corrected chi connectivity index (χ4v) is 2.61. The molecular weight excluding hydrogens is 332 g/mol. The van der Waals surface area contributed by atoms with Crippen LogP contribution in [0, 0.1) is 0 Å². The van der Waals surface area contributed by atoms with Crippen LogP contribution in [0.4, 0.5) is 5.69 Å². The normalized spacial score (nSPS) is 10.5.